The summed E-state index contributed by atoms with van der Waals surface area (Å²) >= 11 is 6.25. The van der Waals surface area contributed by atoms with Crippen LogP contribution in [0.4, 0.5) is 0 Å². The van der Waals surface area contributed by atoms with Gasteiger partial charge in [0.15, 0.2) is 0 Å². The van der Waals surface area contributed by atoms with Crippen molar-refractivity contribution in [3.8, 4) is 0 Å². The zero-order valence-corrected chi connectivity index (χ0v) is 15.7. The third-order valence-corrected chi connectivity index (χ3v) is 5.21. The number of hydrogen-bond acceptors (Lipinski definition) is 2. The SMILES string of the molecule is CC(C)(C)c1ccc(SCCCCCCCCCS)cc1. The van der Waals surface area contributed by atoms with Crippen molar-refractivity contribution in [3.63, 3.8) is 0 Å². The van der Waals surface area contributed by atoms with Crippen molar-refractivity contribution in [2.45, 2.75) is 76.0 Å². The summed E-state index contributed by atoms with van der Waals surface area (Å²) in [6.45, 7) is 6.81. The molecule has 120 valence electrons. The summed E-state index contributed by atoms with van der Waals surface area (Å²) in [7, 11) is 0. The van der Waals surface area contributed by atoms with E-state index in [2.05, 4.69) is 57.7 Å². The van der Waals surface area contributed by atoms with Gasteiger partial charge in [0.25, 0.3) is 0 Å². The van der Waals surface area contributed by atoms with Gasteiger partial charge < -0.3 is 0 Å². The molecule has 0 fully saturated rings. The van der Waals surface area contributed by atoms with Crippen molar-refractivity contribution in [2.24, 2.45) is 0 Å². The van der Waals surface area contributed by atoms with Gasteiger partial charge in [0, 0.05) is 4.90 Å². The van der Waals surface area contributed by atoms with E-state index in [4.69, 9.17) is 0 Å². The maximum atomic E-state index is 4.25. The van der Waals surface area contributed by atoms with E-state index in [1.54, 1.807) is 0 Å². The van der Waals surface area contributed by atoms with Gasteiger partial charge in [0.1, 0.15) is 0 Å². The first-order chi connectivity index (χ1) is 10.0. The molecule has 0 bridgehead atoms. The van der Waals surface area contributed by atoms with Crippen LogP contribution < -0.4 is 0 Å². The highest BCUT2D eigenvalue weighted by atomic mass is 32.2. The Morgan fingerprint density at radius 2 is 1.33 bits per heavy atom. The summed E-state index contributed by atoms with van der Waals surface area (Å²) in [5.41, 5.74) is 1.68. The molecule has 0 aromatic heterocycles. The fourth-order valence-electron chi connectivity index (χ4n) is 2.34. The summed E-state index contributed by atoms with van der Waals surface area (Å²) in [6.07, 6.45) is 9.56. The van der Waals surface area contributed by atoms with Crippen molar-refractivity contribution in [2.75, 3.05) is 11.5 Å². The molecule has 0 heterocycles. The highest BCUT2D eigenvalue weighted by Gasteiger charge is 2.12. The second-order valence-corrected chi connectivity index (χ2v) is 8.44. The van der Waals surface area contributed by atoms with Gasteiger partial charge in [-0.1, -0.05) is 65.0 Å². The Morgan fingerprint density at radius 3 is 1.86 bits per heavy atom. The topological polar surface area (TPSA) is 0 Å². The molecule has 0 saturated carbocycles. The molecule has 0 spiro atoms. The van der Waals surface area contributed by atoms with Crippen LogP contribution in [0, 0.1) is 0 Å². The van der Waals surface area contributed by atoms with Crippen molar-refractivity contribution < 1.29 is 0 Å². The van der Waals surface area contributed by atoms with Gasteiger partial charge in [-0.15, -0.1) is 11.8 Å². The molecule has 1 aromatic rings. The van der Waals surface area contributed by atoms with Gasteiger partial charge in [0.2, 0.25) is 0 Å². The monoisotopic (exact) mass is 324 g/mol. The second-order valence-electron chi connectivity index (χ2n) is 6.82. The van der Waals surface area contributed by atoms with E-state index in [-0.39, 0.29) is 5.41 Å². The highest BCUT2D eigenvalue weighted by Crippen LogP contribution is 2.26. The third kappa shape index (κ3) is 8.83. The number of thioether (sulfide) groups is 1. The van der Waals surface area contributed by atoms with E-state index in [9.17, 15) is 0 Å². The van der Waals surface area contributed by atoms with E-state index >= 15 is 0 Å². The first kappa shape index (κ1) is 19.0. The lowest BCUT2D eigenvalue weighted by Gasteiger charge is -2.19. The number of benzene rings is 1. The van der Waals surface area contributed by atoms with Crippen LogP contribution in [0.15, 0.2) is 29.2 Å². The third-order valence-electron chi connectivity index (χ3n) is 3.79. The van der Waals surface area contributed by atoms with Crippen LogP contribution in [0.2, 0.25) is 0 Å². The number of hydrogen-bond donors (Lipinski definition) is 1. The van der Waals surface area contributed by atoms with E-state index < -0.39 is 0 Å². The van der Waals surface area contributed by atoms with Crippen molar-refractivity contribution in [1.29, 1.82) is 0 Å². The number of thiol groups is 1. The fraction of sp³-hybridized carbons (Fsp3) is 0.684. The Hall–Kier alpha value is -0.0800. The number of unbranched alkanes of at least 4 members (excludes halogenated alkanes) is 6. The average Bonchev–Trinajstić information content (AvgIpc) is 2.45. The van der Waals surface area contributed by atoms with Crippen LogP contribution in [-0.2, 0) is 5.41 Å². The van der Waals surface area contributed by atoms with Crippen molar-refractivity contribution in [1.82, 2.24) is 0 Å². The minimum Gasteiger partial charge on any atom is -0.179 e. The molecule has 0 radical (unpaired) electrons. The van der Waals surface area contributed by atoms with Gasteiger partial charge in [-0.2, -0.15) is 12.6 Å². The zero-order valence-electron chi connectivity index (χ0n) is 14.0. The van der Waals surface area contributed by atoms with E-state index in [0.717, 1.165) is 5.75 Å². The quantitative estimate of drug-likeness (QED) is 0.282. The maximum absolute atomic E-state index is 4.25. The molecule has 0 amide bonds. The van der Waals surface area contributed by atoms with Crippen molar-refractivity contribution >= 4 is 24.4 Å². The lowest BCUT2D eigenvalue weighted by atomic mass is 9.87. The summed E-state index contributed by atoms with van der Waals surface area (Å²) in [5.74, 6) is 2.30. The van der Waals surface area contributed by atoms with Gasteiger partial charge in [-0.25, -0.2) is 0 Å². The fourth-order valence-corrected chi connectivity index (χ4v) is 3.48. The predicted octanol–water partition coefficient (Wildman–Crippen LogP) is 6.74. The van der Waals surface area contributed by atoms with Crippen LogP contribution in [0.5, 0.6) is 0 Å². The normalized spacial score (nSPS) is 11.8. The molecule has 21 heavy (non-hydrogen) atoms. The lowest BCUT2D eigenvalue weighted by Crippen LogP contribution is -2.10. The Labute approximate surface area is 141 Å². The molecule has 1 rings (SSSR count). The molecule has 0 aliphatic rings. The highest BCUT2D eigenvalue weighted by molar-refractivity contribution is 7.99. The van der Waals surface area contributed by atoms with Crippen molar-refractivity contribution in [3.05, 3.63) is 29.8 Å². The van der Waals surface area contributed by atoms with Crippen LogP contribution >= 0.6 is 24.4 Å². The molecule has 1 aromatic carbocycles. The van der Waals surface area contributed by atoms with Gasteiger partial charge in [-0.05, 0) is 47.5 Å². The Bertz CT molecular complexity index is 362. The van der Waals surface area contributed by atoms with E-state index in [1.165, 1.54) is 61.2 Å². The molecule has 0 nitrogen and oxygen atoms in total. The van der Waals surface area contributed by atoms with Crippen LogP contribution in [-0.4, -0.2) is 11.5 Å². The van der Waals surface area contributed by atoms with Crippen LogP contribution in [0.25, 0.3) is 0 Å². The van der Waals surface area contributed by atoms with Crippen LogP contribution in [0.1, 0.15) is 71.3 Å². The predicted molar refractivity (Wildman–Crippen MR) is 102 cm³/mol. The Balaban J connectivity index is 2.08. The van der Waals surface area contributed by atoms with E-state index in [0.29, 0.717) is 0 Å². The lowest BCUT2D eigenvalue weighted by molar-refractivity contribution is 0.589. The molecule has 0 saturated heterocycles. The minimum atomic E-state index is 0.260. The molecular formula is C19H32S2. The summed E-state index contributed by atoms with van der Waals surface area (Å²) < 4.78 is 0. The molecule has 0 unspecified atom stereocenters. The summed E-state index contributed by atoms with van der Waals surface area (Å²) in [4.78, 5) is 1.41. The Kier molecular flexibility index (Phi) is 9.59. The first-order valence-electron chi connectivity index (χ1n) is 8.38. The summed E-state index contributed by atoms with van der Waals surface area (Å²) in [6, 6.07) is 9.12. The molecule has 0 aliphatic carbocycles. The standard InChI is InChI=1S/C19H32S2/c1-19(2,3)17-11-13-18(14-12-17)21-16-10-8-6-4-5-7-9-15-20/h11-14,20H,4-10,15-16H2,1-3H3. The Morgan fingerprint density at radius 1 is 0.810 bits per heavy atom. The summed E-state index contributed by atoms with van der Waals surface area (Å²) in [5, 5.41) is 0. The van der Waals surface area contributed by atoms with Gasteiger partial charge in [-0.3, -0.25) is 0 Å². The molecular weight excluding hydrogens is 292 g/mol. The smallest absolute Gasteiger partial charge is 0.00721 e. The second kappa shape index (κ2) is 10.6. The molecule has 0 atom stereocenters. The largest absolute Gasteiger partial charge is 0.179 e. The van der Waals surface area contributed by atoms with Crippen LogP contribution in [0.3, 0.4) is 0 Å². The minimum absolute atomic E-state index is 0.260. The van der Waals surface area contributed by atoms with Gasteiger partial charge >= 0.3 is 0 Å². The first-order valence-corrected chi connectivity index (χ1v) is 10.00. The average molecular weight is 325 g/mol. The van der Waals surface area contributed by atoms with E-state index in [1.807, 2.05) is 11.8 Å². The molecule has 0 N–H and O–H groups in total. The maximum Gasteiger partial charge on any atom is 0.00721 e. The molecule has 2 heteroatoms. The van der Waals surface area contributed by atoms with Gasteiger partial charge in [0.05, 0.1) is 0 Å². The molecule has 0 aliphatic heterocycles. The number of rotatable bonds is 10. The zero-order chi connectivity index (χ0) is 15.6.